The Bertz CT molecular complexity index is 650. The van der Waals surface area contributed by atoms with Gasteiger partial charge in [0.25, 0.3) is 0 Å². The van der Waals surface area contributed by atoms with E-state index < -0.39 is 5.60 Å². The fourth-order valence-corrected chi connectivity index (χ4v) is 2.86. The molecule has 1 heterocycles. The molecule has 0 radical (unpaired) electrons. The quantitative estimate of drug-likeness (QED) is 0.886. The lowest BCUT2D eigenvalue weighted by Gasteiger charge is -2.21. The van der Waals surface area contributed by atoms with Crippen LogP contribution in [0, 0.1) is 0 Å². The van der Waals surface area contributed by atoms with Crippen LogP contribution in [-0.2, 0) is 4.79 Å². The maximum atomic E-state index is 12.0. The van der Waals surface area contributed by atoms with Crippen LogP contribution in [0.2, 0.25) is 0 Å². The van der Waals surface area contributed by atoms with Crippen molar-refractivity contribution in [2.24, 2.45) is 0 Å². The van der Waals surface area contributed by atoms with Crippen LogP contribution in [-0.4, -0.2) is 21.6 Å². The summed E-state index contributed by atoms with van der Waals surface area (Å²) in [5.74, 6) is 1.24. The van der Waals surface area contributed by atoms with Crippen molar-refractivity contribution in [1.29, 1.82) is 0 Å². The molecule has 0 atom stereocenters. The van der Waals surface area contributed by atoms with Gasteiger partial charge >= 0.3 is 0 Å². The number of pyridine rings is 1. The van der Waals surface area contributed by atoms with Crippen molar-refractivity contribution >= 4 is 11.6 Å². The summed E-state index contributed by atoms with van der Waals surface area (Å²) >= 11 is 0. The molecule has 0 spiro atoms. The zero-order chi connectivity index (χ0) is 16.1. The molecule has 0 unspecified atom stereocenters. The number of carbonyl (C=O) groups is 1. The first kappa shape index (κ1) is 15.5. The molecule has 5 heteroatoms. The number of aromatic nitrogens is 1. The molecular formula is C18H20N2O3. The fraction of sp³-hybridized carbons (Fsp3) is 0.333. The van der Waals surface area contributed by atoms with Gasteiger partial charge in [-0.3, -0.25) is 9.78 Å². The smallest absolute Gasteiger partial charge is 0.227 e. The van der Waals surface area contributed by atoms with Crippen molar-refractivity contribution in [2.45, 2.75) is 37.7 Å². The summed E-state index contributed by atoms with van der Waals surface area (Å²) in [5, 5.41) is 13.1. The average Bonchev–Trinajstić information content (AvgIpc) is 2.96. The zero-order valence-corrected chi connectivity index (χ0v) is 12.9. The lowest BCUT2D eigenvalue weighted by Crippen LogP contribution is -2.30. The van der Waals surface area contributed by atoms with E-state index in [2.05, 4.69) is 10.3 Å². The van der Waals surface area contributed by atoms with Crippen molar-refractivity contribution in [2.75, 3.05) is 5.32 Å². The Morgan fingerprint density at radius 3 is 2.35 bits per heavy atom. The van der Waals surface area contributed by atoms with Crippen molar-refractivity contribution in [3.8, 4) is 11.5 Å². The van der Waals surface area contributed by atoms with Gasteiger partial charge in [-0.1, -0.05) is 12.8 Å². The Kier molecular flexibility index (Phi) is 4.57. The Morgan fingerprint density at radius 1 is 1.09 bits per heavy atom. The summed E-state index contributed by atoms with van der Waals surface area (Å²) < 4.78 is 5.67. The second-order valence-electron chi connectivity index (χ2n) is 5.97. The summed E-state index contributed by atoms with van der Waals surface area (Å²) in [6, 6.07) is 10.7. The van der Waals surface area contributed by atoms with Gasteiger partial charge in [0.1, 0.15) is 11.5 Å². The van der Waals surface area contributed by atoms with Crippen molar-refractivity contribution in [3.05, 3.63) is 48.8 Å². The molecule has 1 fully saturated rings. The normalized spacial score (nSPS) is 16.0. The number of nitrogens with one attached hydrogen (secondary N) is 1. The molecule has 1 amide bonds. The first-order valence-electron chi connectivity index (χ1n) is 7.83. The minimum atomic E-state index is -0.825. The first-order valence-corrected chi connectivity index (χ1v) is 7.83. The SMILES string of the molecule is O=C(CC1(O)CCCC1)Nc1ccc(Oc2ccncc2)cc1. The van der Waals surface area contributed by atoms with Crippen molar-refractivity contribution in [3.63, 3.8) is 0 Å². The third-order valence-corrected chi connectivity index (χ3v) is 4.05. The number of rotatable bonds is 5. The van der Waals surface area contributed by atoms with Crippen LogP contribution in [0.15, 0.2) is 48.8 Å². The van der Waals surface area contributed by atoms with Gasteiger partial charge in [0.2, 0.25) is 5.91 Å². The largest absolute Gasteiger partial charge is 0.457 e. The third-order valence-electron chi connectivity index (χ3n) is 4.05. The van der Waals surface area contributed by atoms with Crippen LogP contribution in [0.25, 0.3) is 0 Å². The summed E-state index contributed by atoms with van der Waals surface area (Å²) in [6.07, 6.45) is 6.88. The second-order valence-corrected chi connectivity index (χ2v) is 5.97. The molecule has 0 bridgehead atoms. The van der Waals surface area contributed by atoms with E-state index in [0.29, 0.717) is 30.0 Å². The minimum absolute atomic E-state index is 0.155. The molecule has 2 aromatic rings. The molecule has 1 aliphatic carbocycles. The Hall–Kier alpha value is -2.40. The number of hydrogen-bond acceptors (Lipinski definition) is 4. The second kappa shape index (κ2) is 6.79. The van der Waals surface area contributed by atoms with Crippen molar-refractivity contribution in [1.82, 2.24) is 4.98 Å². The molecule has 120 valence electrons. The molecule has 0 aliphatic heterocycles. The number of carbonyl (C=O) groups excluding carboxylic acids is 1. The maximum Gasteiger partial charge on any atom is 0.227 e. The van der Waals surface area contributed by atoms with E-state index in [0.717, 1.165) is 12.8 Å². The van der Waals surface area contributed by atoms with Gasteiger partial charge in [-0.2, -0.15) is 0 Å². The van der Waals surface area contributed by atoms with Crippen LogP contribution in [0.3, 0.4) is 0 Å². The van der Waals surface area contributed by atoms with Crippen molar-refractivity contribution < 1.29 is 14.6 Å². The van der Waals surface area contributed by atoms with Crippen LogP contribution in [0.5, 0.6) is 11.5 Å². The Balaban J connectivity index is 1.56. The number of anilines is 1. The summed E-state index contributed by atoms with van der Waals surface area (Å²) in [4.78, 5) is 16.0. The van der Waals surface area contributed by atoms with E-state index in [1.54, 1.807) is 48.8 Å². The molecule has 1 aromatic heterocycles. The maximum absolute atomic E-state index is 12.0. The van der Waals surface area contributed by atoms with E-state index in [9.17, 15) is 9.90 Å². The Morgan fingerprint density at radius 2 is 1.70 bits per heavy atom. The molecule has 2 N–H and O–H groups in total. The van der Waals surface area contributed by atoms with Gasteiger partial charge in [-0.25, -0.2) is 0 Å². The lowest BCUT2D eigenvalue weighted by molar-refractivity contribution is -0.120. The highest BCUT2D eigenvalue weighted by molar-refractivity contribution is 5.91. The number of ether oxygens (including phenoxy) is 1. The summed E-state index contributed by atoms with van der Waals surface area (Å²) in [6.45, 7) is 0. The minimum Gasteiger partial charge on any atom is -0.457 e. The molecule has 3 rings (SSSR count). The standard InChI is InChI=1S/C18H20N2O3/c21-17(13-18(22)9-1-2-10-18)20-14-3-5-15(6-4-14)23-16-7-11-19-12-8-16/h3-8,11-12,22H,1-2,9-10,13H2,(H,20,21). The molecular weight excluding hydrogens is 292 g/mol. The van der Waals surface area contributed by atoms with E-state index in [1.807, 2.05) is 0 Å². The number of nitrogens with zero attached hydrogens (tertiary/aromatic N) is 1. The molecule has 5 nitrogen and oxygen atoms in total. The predicted octanol–water partition coefficient (Wildman–Crippen LogP) is 3.51. The Labute approximate surface area is 135 Å². The van der Waals surface area contributed by atoms with Crippen LogP contribution in [0.4, 0.5) is 5.69 Å². The topological polar surface area (TPSA) is 71.5 Å². The van der Waals surface area contributed by atoms with E-state index in [-0.39, 0.29) is 12.3 Å². The number of amides is 1. The van der Waals surface area contributed by atoms with Gasteiger partial charge in [0.15, 0.2) is 0 Å². The van der Waals surface area contributed by atoms with Gasteiger partial charge < -0.3 is 15.2 Å². The fourth-order valence-electron chi connectivity index (χ4n) is 2.86. The van der Waals surface area contributed by atoms with Crippen LogP contribution in [0.1, 0.15) is 32.1 Å². The molecule has 23 heavy (non-hydrogen) atoms. The highest BCUT2D eigenvalue weighted by atomic mass is 16.5. The summed E-state index contributed by atoms with van der Waals surface area (Å²) in [7, 11) is 0. The number of hydrogen-bond donors (Lipinski definition) is 2. The first-order chi connectivity index (χ1) is 11.1. The van der Waals surface area contributed by atoms with E-state index in [1.165, 1.54) is 0 Å². The van der Waals surface area contributed by atoms with E-state index in [4.69, 9.17) is 4.74 Å². The van der Waals surface area contributed by atoms with Crippen LogP contribution >= 0.6 is 0 Å². The monoisotopic (exact) mass is 312 g/mol. The van der Waals surface area contributed by atoms with Gasteiger partial charge in [0.05, 0.1) is 12.0 Å². The van der Waals surface area contributed by atoms with Gasteiger partial charge in [0, 0.05) is 18.1 Å². The van der Waals surface area contributed by atoms with Gasteiger partial charge in [-0.05, 0) is 49.2 Å². The van der Waals surface area contributed by atoms with Gasteiger partial charge in [-0.15, -0.1) is 0 Å². The van der Waals surface area contributed by atoms with E-state index >= 15 is 0 Å². The predicted molar refractivity (Wildman–Crippen MR) is 87.4 cm³/mol. The highest BCUT2D eigenvalue weighted by Gasteiger charge is 2.33. The summed E-state index contributed by atoms with van der Waals surface area (Å²) in [5.41, 5.74) is -0.132. The zero-order valence-electron chi connectivity index (χ0n) is 12.9. The molecule has 1 aliphatic rings. The van der Waals surface area contributed by atoms with Crippen LogP contribution < -0.4 is 10.1 Å². The highest BCUT2D eigenvalue weighted by Crippen LogP contribution is 2.32. The molecule has 1 aromatic carbocycles. The average molecular weight is 312 g/mol. The number of benzene rings is 1. The lowest BCUT2D eigenvalue weighted by atomic mass is 9.97. The molecule has 0 saturated heterocycles. The number of aliphatic hydroxyl groups is 1. The third kappa shape index (κ3) is 4.29. The molecule has 1 saturated carbocycles.